The smallest absolute Gasteiger partial charge is 0.449 e. The number of hydrogen-bond donors (Lipinski definition) is 1. The highest BCUT2D eigenvalue weighted by Crippen LogP contribution is 2.34. The maximum absolute atomic E-state index is 12.0. The fourth-order valence-electron chi connectivity index (χ4n) is 2.25. The highest BCUT2D eigenvalue weighted by Gasteiger charge is 2.18. The number of rotatable bonds is 1. The lowest BCUT2D eigenvalue weighted by Gasteiger charge is -2.18. The molecule has 22 heavy (non-hydrogen) atoms. The summed E-state index contributed by atoms with van der Waals surface area (Å²) in [5.74, 6) is 0.0607. The highest BCUT2D eigenvalue weighted by atomic mass is 32.1. The number of nitrogens with zero attached hydrogens (tertiary/aromatic N) is 2. The van der Waals surface area contributed by atoms with Gasteiger partial charge in [0.2, 0.25) is 0 Å². The van der Waals surface area contributed by atoms with Gasteiger partial charge in [-0.1, -0.05) is 26.8 Å². The average molecular weight is 318 g/mol. The molecule has 7 heteroatoms. The first-order valence-corrected chi connectivity index (χ1v) is 7.44. The predicted molar refractivity (Wildman–Crippen MR) is 84.2 cm³/mol. The molecule has 114 valence electrons. The zero-order valence-corrected chi connectivity index (χ0v) is 13.1. The van der Waals surface area contributed by atoms with Crippen LogP contribution in [0.2, 0.25) is 0 Å². The summed E-state index contributed by atoms with van der Waals surface area (Å²) in [4.78, 5) is 26.9. The van der Waals surface area contributed by atoms with Crippen LogP contribution in [0.3, 0.4) is 0 Å². The van der Waals surface area contributed by atoms with Gasteiger partial charge in [0.1, 0.15) is 4.83 Å². The first-order chi connectivity index (χ1) is 10.3. The van der Waals surface area contributed by atoms with Gasteiger partial charge in [0.15, 0.2) is 5.75 Å². The van der Waals surface area contributed by atoms with Gasteiger partial charge in [-0.15, -0.1) is 11.3 Å². The van der Waals surface area contributed by atoms with Crippen LogP contribution >= 0.6 is 11.3 Å². The molecule has 2 aromatic heterocycles. The van der Waals surface area contributed by atoms with E-state index < -0.39 is 11.8 Å². The van der Waals surface area contributed by atoms with Gasteiger partial charge in [0, 0.05) is 0 Å². The van der Waals surface area contributed by atoms with Crippen LogP contribution in [0.5, 0.6) is 5.75 Å². The number of carbonyl (C=O) groups is 1. The summed E-state index contributed by atoms with van der Waals surface area (Å²) in [7, 11) is 0. The van der Waals surface area contributed by atoms with E-state index in [2.05, 4.69) is 25.8 Å². The summed E-state index contributed by atoms with van der Waals surface area (Å²) in [5, 5.41) is 8.79. The van der Waals surface area contributed by atoms with E-state index in [0.717, 1.165) is 16.5 Å². The van der Waals surface area contributed by atoms with Crippen molar-refractivity contribution in [3.8, 4) is 5.75 Å². The quantitative estimate of drug-likeness (QED) is 0.696. The van der Waals surface area contributed by atoms with Crippen LogP contribution in [0.4, 0.5) is 4.79 Å². The maximum atomic E-state index is 12.0. The fourth-order valence-corrected chi connectivity index (χ4v) is 3.37. The number of ether oxygens (including phenoxy) is 1. The lowest BCUT2D eigenvalue weighted by molar-refractivity contribution is 0.145. The van der Waals surface area contributed by atoms with Gasteiger partial charge in [-0.25, -0.2) is 14.0 Å². The van der Waals surface area contributed by atoms with Crippen molar-refractivity contribution < 1.29 is 14.6 Å². The fraction of sp³-hybridized carbons (Fsp3) is 0.267. The van der Waals surface area contributed by atoms with Crippen molar-refractivity contribution in [2.75, 3.05) is 0 Å². The molecule has 0 saturated carbocycles. The van der Waals surface area contributed by atoms with E-state index in [9.17, 15) is 9.59 Å². The van der Waals surface area contributed by atoms with E-state index in [-0.39, 0.29) is 11.2 Å². The van der Waals surface area contributed by atoms with Crippen molar-refractivity contribution in [1.29, 1.82) is 0 Å². The molecule has 0 unspecified atom stereocenters. The van der Waals surface area contributed by atoms with Crippen LogP contribution in [-0.4, -0.2) is 20.6 Å². The summed E-state index contributed by atoms with van der Waals surface area (Å²) in [6.07, 6.45) is -0.290. The first kappa shape index (κ1) is 14.5. The molecule has 0 aliphatic carbocycles. The van der Waals surface area contributed by atoms with E-state index in [0.29, 0.717) is 10.3 Å². The average Bonchev–Trinajstić information content (AvgIpc) is 2.80. The molecule has 3 rings (SSSR count). The number of benzene rings is 1. The minimum atomic E-state index is -1.44. The number of aromatic nitrogens is 2. The minimum Gasteiger partial charge on any atom is -0.449 e. The van der Waals surface area contributed by atoms with Crippen molar-refractivity contribution in [2.45, 2.75) is 26.2 Å². The van der Waals surface area contributed by atoms with E-state index in [4.69, 9.17) is 9.84 Å². The summed E-state index contributed by atoms with van der Waals surface area (Å²) >= 11 is 1.31. The van der Waals surface area contributed by atoms with Gasteiger partial charge in [-0.2, -0.15) is 4.98 Å². The Morgan fingerprint density at radius 1 is 1.36 bits per heavy atom. The lowest BCUT2D eigenvalue weighted by atomic mass is 9.87. The van der Waals surface area contributed by atoms with Crippen molar-refractivity contribution in [3.63, 3.8) is 0 Å². The molecule has 0 atom stereocenters. The van der Waals surface area contributed by atoms with Crippen LogP contribution in [0.25, 0.3) is 15.0 Å². The second-order valence-electron chi connectivity index (χ2n) is 5.95. The summed E-state index contributed by atoms with van der Waals surface area (Å²) < 4.78 is 6.98. The molecule has 0 aliphatic rings. The van der Waals surface area contributed by atoms with Gasteiger partial charge < -0.3 is 9.84 Å². The topological polar surface area (TPSA) is 80.9 Å². The van der Waals surface area contributed by atoms with E-state index in [1.807, 2.05) is 18.2 Å². The number of hydrogen-bond acceptors (Lipinski definition) is 5. The van der Waals surface area contributed by atoms with E-state index >= 15 is 0 Å². The second-order valence-corrected chi connectivity index (χ2v) is 6.98. The molecule has 0 aliphatic heterocycles. The third-order valence-corrected chi connectivity index (χ3v) is 4.49. The summed E-state index contributed by atoms with van der Waals surface area (Å²) in [6, 6.07) is 5.83. The Morgan fingerprint density at radius 2 is 2.09 bits per heavy atom. The van der Waals surface area contributed by atoms with Gasteiger partial charge in [0.05, 0.1) is 16.4 Å². The minimum absolute atomic E-state index is 0.0199. The first-order valence-electron chi connectivity index (χ1n) is 6.63. The van der Waals surface area contributed by atoms with Crippen LogP contribution in [-0.2, 0) is 5.41 Å². The summed E-state index contributed by atoms with van der Waals surface area (Å²) in [5.41, 5.74) is 1.35. The predicted octanol–water partition coefficient (Wildman–Crippen LogP) is 3.26. The van der Waals surface area contributed by atoms with Crippen LogP contribution in [0.1, 0.15) is 26.3 Å². The van der Waals surface area contributed by atoms with Crippen molar-refractivity contribution >= 4 is 32.5 Å². The molecule has 0 amide bonds. The number of thiazole rings is 1. The van der Waals surface area contributed by atoms with Gasteiger partial charge in [0.25, 0.3) is 0 Å². The molecule has 6 nitrogen and oxygen atoms in total. The Kier molecular flexibility index (Phi) is 3.17. The molecule has 0 bridgehead atoms. The summed E-state index contributed by atoms with van der Waals surface area (Å²) in [6.45, 7) is 6.32. The Hall–Kier alpha value is -2.41. The Labute approximate surface area is 129 Å². The van der Waals surface area contributed by atoms with Crippen LogP contribution in [0, 0.1) is 0 Å². The molecule has 2 heterocycles. The van der Waals surface area contributed by atoms with E-state index in [1.54, 1.807) is 0 Å². The van der Waals surface area contributed by atoms with Crippen molar-refractivity contribution in [2.24, 2.45) is 0 Å². The third kappa shape index (κ3) is 2.33. The van der Waals surface area contributed by atoms with Crippen molar-refractivity contribution in [3.05, 3.63) is 40.4 Å². The Bertz CT molecular complexity index is 950. The normalized spacial score (nSPS) is 12.0. The van der Waals surface area contributed by atoms with Crippen LogP contribution in [0.15, 0.2) is 29.2 Å². The Morgan fingerprint density at radius 3 is 2.73 bits per heavy atom. The van der Waals surface area contributed by atoms with Gasteiger partial charge in [-0.3, -0.25) is 0 Å². The molecule has 0 radical (unpaired) electrons. The SMILES string of the molecule is CC(C)(C)c1ccc2c(c1)sc1c(OC(=O)O)cnc(=O)n12. The second kappa shape index (κ2) is 4.81. The molecule has 1 N–H and O–H groups in total. The van der Waals surface area contributed by atoms with Gasteiger partial charge in [-0.05, 0) is 23.1 Å². The maximum Gasteiger partial charge on any atom is 0.511 e. The molecule has 3 aromatic rings. The molecule has 0 fully saturated rings. The zero-order valence-electron chi connectivity index (χ0n) is 12.3. The van der Waals surface area contributed by atoms with E-state index in [1.165, 1.54) is 15.7 Å². The third-order valence-electron chi connectivity index (χ3n) is 3.37. The molecule has 0 saturated heterocycles. The standard InChI is InChI=1S/C15H14N2O4S/c1-15(2,3)8-4-5-9-11(6-8)22-12-10(21-14(19)20)7-16-13(18)17(9)12/h4-7H,1-3H3,(H,19,20). The Balaban J connectivity index is 2.35. The monoisotopic (exact) mass is 318 g/mol. The molecular formula is C15H14N2O4S. The largest absolute Gasteiger partial charge is 0.511 e. The lowest BCUT2D eigenvalue weighted by Crippen LogP contribution is -2.17. The van der Waals surface area contributed by atoms with Gasteiger partial charge >= 0.3 is 11.8 Å². The highest BCUT2D eigenvalue weighted by molar-refractivity contribution is 7.24. The van der Waals surface area contributed by atoms with Crippen LogP contribution < -0.4 is 10.4 Å². The van der Waals surface area contributed by atoms with Crippen molar-refractivity contribution in [1.82, 2.24) is 9.38 Å². The number of carboxylic acid groups (broad SMARTS) is 1. The zero-order chi connectivity index (χ0) is 16.1. The molecule has 0 spiro atoms. The number of fused-ring (bicyclic) bond motifs is 3. The molecule has 1 aromatic carbocycles. The molecular weight excluding hydrogens is 304 g/mol.